The molecule has 1 unspecified atom stereocenters. The molecule has 0 saturated carbocycles. The van der Waals surface area contributed by atoms with Gasteiger partial charge in [0.1, 0.15) is 5.75 Å². The summed E-state index contributed by atoms with van der Waals surface area (Å²) in [6.45, 7) is 1.74. The molecule has 11 heteroatoms. The van der Waals surface area contributed by atoms with Gasteiger partial charge in [0.05, 0.1) is 16.4 Å². The Morgan fingerprint density at radius 2 is 1.79 bits per heavy atom. The first-order chi connectivity index (χ1) is 18.7. The van der Waals surface area contributed by atoms with Crippen molar-refractivity contribution in [3.05, 3.63) is 92.8 Å². The minimum Gasteiger partial charge on any atom is -0.479 e. The molecule has 4 aromatic rings. The first-order valence-electron chi connectivity index (χ1n) is 12.2. The lowest BCUT2D eigenvalue weighted by Gasteiger charge is -2.21. The van der Waals surface area contributed by atoms with Crippen LogP contribution < -0.4 is 4.74 Å². The second-order valence-electron chi connectivity index (χ2n) is 9.11. The van der Waals surface area contributed by atoms with Gasteiger partial charge >= 0.3 is 5.97 Å². The topological polar surface area (TPSA) is 137 Å². The number of nitrogens with zero attached hydrogens (tertiary/aromatic N) is 2. The van der Waals surface area contributed by atoms with E-state index >= 15 is 0 Å². The van der Waals surface area contributed by atoms with Crippen molar-refractivity contribution in [1.29, 1.82) is 0 Å². The number of aliphatic carboxylic acids is 1. The summed E-state index contributed by atoms with van der Waals surface area (Å²) in [5, 5.41) is 20.4. The van der Waals surface area contributed by atoms with Gasteiger partial charge in [0.15, 0.2) is 6.10 Å². The maximum absolute atomic E-state index is 13.6. The fourth-order valence-electron chi connectivity index (χ4n) is 4.66. The zero-order chi connectivity index (χ0) is 27.7. The lowest BCUT2D eigenvalue weighted by molar-refractivity contribution is -0.384. The number of hydrogen-bond acceptors (Lipinski definition) is 8. The van der Waals surface area contributed by atoms with Crippen molar-refractivity contribution < 1.29 is 28.0 Å². The molecule has 0 aliphatic heterocycles. The second-order valence-corrected chi connectivity index (χ2v) is 12.4. The molecule has 0 fully saturated rings. The van der Waals surface area contributed by atoms with Gasteiger partial charge in [-0.15, -0.1) is 11.3 Å². The molecule has 5 rings (SSSR count). The van der Waals surface area contributed by atoms with Crippen molar-refractivity contribution in [3.8, 4) is 28.1 Å². The van der Waals surface area contributed by atoms with E-state index in [9.17, 15) is 28.4 Å². The average molecular weight is 565 g/mol. The summed E-state index contributed by atoms with van der Waals surface area (Å²) in [4.78, 5) is 27.4. The Morgan fingerprint density at radius 1 is 1.08 bits per heavy atom. The number of hydrogen-bond donors (Lipinski definition) is 1. The number of carboxylic acid groups (broad SMARTS) is 1. The van der Waals surface area contributed by atoms with Crippen LogP contribution in [0.1, 0.15) is 29.3 Å². The summed E-state index contributed by atoms with van der Waals surface area (Å²) in [7, 11) is -3.82. The molecule has 0 saturated heterocycles. The van der Waals surface area contributed by atoms with E-state index in [0.29, 0.717) is 47.4 Å². The molecule has 200 valence electrons. The van der Waals surface area contributed by atoms with E-state index in [-0.39, 0.29) is 15.8 Å². The summed E-state index contributed by atoms with van der Waals surface area (Å²) in [6.07, 6.45) is 0.489. The summed E-state index contributed by atoms with van der Waals surface area (Å²) >= 11 is 1.15. The summed E-state index contributed by atoms with van der Waals surface area (Å²) < 4.78 is 32.9. The number of nitro benzene ring substituents is 1. The normalized spacial score (nSPS) is 13.3. The van der Waals surface area contributed by atoms with Crippen molar-refractivity contribution in [2.45, 2.75) is 42.4 Å². The van der Waals surface area contributed by atoms with E-state index in [2.05, 4.69) is 4.98 Å². The molecule has 0 bridgehead atoms. The SMILES string of the molecule is CCC(Oc1cccc2c1CCc1sc(S(=O)(=O)Cc3ccccc3-c3ccc([N+](=O)[O-])cc3)nc1-2)C(=O)O. The number of sulfone groups is 1. The molecule has 1 aromatic heterocycles. The van der Waals surface area contributed by atoms with Crippen LogP contribution in [-0.2, 0) is 33.2 Å². The predicted octanol–water partition coefficient (Wildman–Crippen LogP) is 5.70. The van der Waals surface area contributed by atoms with E-state index in [1.807, 2.05) is 6.07 Å². The molecule has 9 nitrogen and oxygen atoms in total. The zero-order valence-electron chi connectivity index (χ0n) is 20.9. The van der Waals surface area contributed by atoms with Gasteiger partial charge in [-0.1, -0.05) is 43.3 Å². The number of nitro groups is 1. The first-order valence-corrected chi connectivity index (χ1v) is 14.7. The van der Waals surface area contributed by atoms with Gasteiger partial charge in [-0.25, -0.2) is 18.2 Å². The quantitative estimate of drug-likeness (QED) is 0.202. The van der Waals surface area contributed by atoms with Crippen molar-refractivity contribution in [2.75, 3.05) is 0 Å². The van der Waals surface area contributed by atoms with E-state index < -0.39 is 26.8 Å². The number of benzene rings is 3. The van der Waals surface area contributed by atoms with Crippen LogP contribution in [0.4, 0.5) is 5.69 Å². The lowest BCUT2D eigenvalue weighted by atomic mass is 9.92. The van der Waals surface area contributed by atoms with Crippen LogP contribution >= 0.6 is 11.3 Å². The zero-order valence-corrected chi connectivity index (χ0v) is 22.5. The van der Waals surface area contributed by atoms with Crippen LogP contribution in [0.2, 0.25) is 0 Å². The molecular formula is C28H24N2O7S2. The minimum absolute atomic E-state index is 0.0159. The van der Waals surface area contributed by atoms with Crippen molar-refractivity contribution in [1.82, 2.24) is 4.98 Å². The highest BCUT2D eigenvalue weighted by molar-refractivity contribution is 7.92. The molecule has 1 N–H and O–H groups in total. The Labute approximate surface area is 228 Å². The number of rotatable bonds is 9. The molecular weight excluding hydrogens is 540 g/mol. The fraction of sp³-hybridized carbons (Fsp3) is 0.214. The third kappa shape index (κ3) is 5.27. The van der Waals surface area contributed by atoms with Crippen LogP contribution in [0.15, 0.2) is 71.1 Å². The number of thiazole rings is 1. The number of carboxylic acids is 1. The lowest BCUT2D eigenvalue weighted by Crippen LogP contribution is -2.26. The monoisotopic (exact) mass is 564 g/mol. The van der Waals surface area contributed by atoms with Crippen molar-refractivity contribution >= 4 is 32.8 Å². The Kier molecular flexibility index (Phi) is 7.19. The van der Waals surface area contributed by atoms with Gasteiger partial charge in [0, 0.05) is 28.1 Å². The van der Waals surface area contributed by atoms with Crippen molar-refractivity contribution in [2.24, 2.45) is 0 Å². The minimum atomic E-state index is -3.82. The molecule has 1 aliphatic carbocycles. The van der Waals surface area contributed by atoms with Gasteiger partial charge < -0.3 is 9.84 Å². The van der Waals surface area contributed by atoms with Crippen LogP contribution in [0, 0.1) is 10.1 Å². The van der Waals surface area contributed by atoms with Gasteiger partial charge in [-0.2, -0.15) is 0 Å². The predicted molar refractivity (Wildman–Crippen MR) is 147 cm³/mol. The number of carbonyl (C=O) groups is 1. The third-order valence-corrected chi connectivity index (χ3v) is 9.84. The van der Waals surface area contributed by atoms with Crippen LogP contribution in [0.5, 0.6) is 5.75 Å². The molecule has 0 radical (unpaired) electrons. The Hall–Kier alpha value is -4.09. The summed E-state index contributed by atoms with van der Waals surface area (Å²) in [5.74, 6) is -0.844. The highest BCUT2D eigenvalue weighted by atomic mass is 32.2. The van der Waals surface area contributed by atoms with Crippen LogP contribution in [0.25, 0.3) is 22.4 Å². The fourth-order valence-corrected chi connectivity index (χ4v) is 7.46. The average Bonchev–Trinajstić information content (AvgIpc) is 3.38. The first kappa shape index (κ1) is 26.5. The highest BCUT2D eigenvalue weighted by Crippen LogP contribution is 2.42. The Morgan fingerprint density at radius 3 is 2.49 bits per heavy atom. The number of ether oxygens (including phenoxy) is 1. The third-order valence-electron chi connectivity index (χ3n) is 6.60. The van der Waals surface area contributed by atoms with Gasteiger partial charge in [-0.05, 0) is 54.2 Å². The maximum atomic E-state index is 13.6. The van der Waals surface area contributed by atoms with Crippen molar-refractivity contribution in [3.63, 3.8) is 0 Å². The largest absolute Gasteiger partial charge is 0.479 e. The molecule has 1 aliphatic rings. The molecule has 1 heterocycles. The van der Waals surface area contributed by atoms with Gasteiger partial charge in [0.2, 0.25) is 14.2 Å². The summed E-state index contributed by atoms with van der Waals surface area (Å²) in [6, 6.07) is 18.4. The molecule has 0 spiro atoms. The number of non-ortho nitro benzene ring substituents is 1. The summed E-state index contributed by atoms with van der Waals surface area (Å²) in [5.41, 5.74) is 4.03. The Balaban J connectivity index is 1.46. The number of aryl methyl sites for hydroxylation is 1. The van der Waals surface area contributed by atoms with E-state index in [1.165, 1.54) is 12.1 Å². The van der Waals surface area contributed by atoms with E-state index in [0.717, 1.165) is 27.3 Å². The van der Waals surface area contributed by atoms with Gasteiger partial charge in [-0.3, -0.25) is 10.1 Å². The van der Waals surface area contributed by atoms with E-state index in [1.54, 1.807) is 55.5 Å². The highest BCUT2D eigenvalue weighted by Gasteiger charge is 2.29. The van der Waals surface area contributed by atoms with E-state index in [4.69, 9.17) is 4.74 Å². The standard InChI is InChI=1S/C28H24N2O7S2/c1-2-23(27(31)32)37-24-9-5-8-22-21(24)14-15-25-26(22)29-28(38-25)39(35,36)16-18-6-3-4-7-20(18)17-10-12-19(13-11-17)30(33)34/h3-13,23H,2,14-16H2,1H3,(H,31,32). The van der Waals surface area contributed by atoms with Crippen LogP contribution in [0.3, 0.4) is 0 Å². The Bertz CT molecular complexity index is 1680. The molecule has 39 heavy (non-hydrogen) atoms. The smallest absolute Gasteiger partial charge is 0.344 e. The number of aromatic nitrogens is 1. The second kappa shape index (κ2) is 10.6. The van der Waals surface area contributed by atoms with Crippen LogP contribution in [-0.4, -0.2) is 35.5 Å². The number of fused-ring (bicyclic) bond motifs is 3. The van der Waals surface area contributed by atoms with Gasteiger partial charge in [0.25, 0.3) is 5.69 Å². The molecule has 1 atom stereocenters. The maximum Gasteiger partial charge on any atom is 0.344 e. The molecule has 3 aromatic carbocycles. The molecule has 0 amide bonds.